The molecular formula is C19H17N3O3. The van der Waals surface area contributed by atoms with Gasteiger partial charge in [0.2, 0.25) is 11.8 Å². The first-order valence-corrected chi connectivity index (χ1v) is 8.32. The predicted molar refractivity (Wildman–Crippen MR) is 91.5 cm³/mol. The van der Waals surface area contributed by atoms with Crippen molar-refractivity contribution < 1.29 is 14.3 Å². The van der Waals surface area contributed by atoms with Gasteiger partial charge in [-0.3, -0.25) is 9.59 Å². The normalized spacial score (nSPS) is 29.8. The SMILES string of the molecule is Nc1ccc2c(c1)NC(=O)[C@]21C[C@H]2CO[C@H](c3ccccc3)N2C1=O. The maximum absolute atomic E-state index is 13.4. The van der Waals surface area contributed by atoms with Crippen molar-refractivity contribution in [3.8, 4) is 0 Å². The Bertz CT molecular complexity index is 898. The number of amides is 2. The molecule has 3 aliphatic rings. The molecule has 3 heterocycles. The topological polar surface area (TPSA) is 84.7 Å². The summed E-state index contributed by atoms with van der Waals surface area (Å²) in [5.41, 5.74) is 7.50. The number of hydrogen-bond acceptors (Lipinski definition) is 4. The van der Waals surface area contributed by atoms with Crippen LogP contribution >= 0.6 is 0 Å². The molecule has 0 saturated carbocycles. The zero-order chi connectivity index (χ0) is 17.2. The summed E-state index contributed by atoms with van der Waals surface area (Å²) in [5, 5.41) is 2.84. The molecule has 2 aromatic rings. The largest absolute Gasteiger partial charge is 0.399 e. The van der Waals surface area contributed by atoms with E-state index in [1.54, 1.807) is 23.1 Å². The van der Waals surface area contributed by atoms with Gasteiger partial charge >= 0.3 is 0 Å². The van der Waals surface area contributed by atoms with Crippen LogP contribution in [0.25, 0.3) is 0 Å². The average Bonchev–Trinajstić information content (AvgIpc) is 3.23. The number of carbonyl (C=O) groups excluding carboxylic acids is 2. The molecule has 6 nitrogen and oxygen atoms in total. The van der Waals surface area contributed by atoms with Crippen LogP contribution in [0.4, 0.5) is 11.4 Å². The van der Waals surface area contributed by atoms with Crippen LogP contribution in [0.1, 0.15) is 23.8 Å². The third kappa shape index (κ3) is 1.77. The Hall–Kier alpha value is -2.86. The van der Waals surface area contributed by atoms with Crippen LogP contribution in [0.2, 0.25) is 0 Å². The minimum atomic E-state index is -1.16. The summed E-state index contributed by atoms with van der Waals surface area (Å²) >= 11 is 0. The molecule has 3 aliphatic heterocycles. The molecule has 2 aromatic carbocycles. The number of benzene rings is 2. The maximum atomic E-state index is 13.4. The number of nitrogens with one attached hydrogen (secondary N) is 1. The number of nitrogens with zero attached hydrogens (tertiary/aromatic N) is 1. The molecular weight excluding hydrogens is 318 g/mol. The molecule has 0 aliphatic carbocycles. The summed E-state index contributed by atoms with van der Waals surface area (Å²) in [6, 6.07) is 14.8. The van der Waals surface area contributed by atoms with Crippen molar-refractivity contribution in [2.24, 2.45) is 0 Å². The lowest BCUT2D eigenvalue weighted by Gasteiger charge is -2.25. The highest BCUT2D eigenvalue weighted by Gasteiger charge is 2.64. The number of hydrogen-bond donors (Lipinski definition) is 2. The average molecular weight is 335 g/mol. The van der Waals surface area contributed by atoms with E-state index in [9.17, 15) is 9.59 Å². The van der Waals surface area contributed by atoms with Crippen molar-refractivity contribution in [1.82, 2.24) is 4.90 Å². The van der Waals surface area contributed by atoms with E-state index in [0.29, 0.717) is 24.4 Å². The number of nitrogens with two attached hydrogens (primary N) is 1. The predicted octanol–water partition coefficient (Wildman–Crippen LogP) is 1.79. The Morgan fingerprint density at radius 3 is 2.76 bits per heavy atom. The van der Waals surface area contributed by atoms with E-state index in [1.807, 2.05) is 30.3 Å². The highest BCUT2D eigenvalue weighted by molar-refractivity contribution is 6.22. The molecule has 6 heteroatoms. The van der Waals surface area contributed by atoms with Crippen molar-refractivity contribution in [3.05, 3.63) is 59.7 Å². The summed E-state index contributed by atoms with van der Waals surface area (Å²) in [4.78, 5) is 28.0. The fourth-order valence-corrected chi connectivity index (χ4v) is 4.32. The Kier molecular flexibility index (Phi) is 2.80. The van der Waals surface area contributed by atoms with E-state index in [4.69, 9.17) is 10.5 Å². The van der Waals surface area contributed by atoms with Gasteiger partial charge in [-0.15, -0.1) is 0 Å². The smallest absolute Gasteiger partial charge is 0.245 e. The molecule has 0 bridgehead atoms. The molecule has 5 rings (SSSR count). The van der Waals surface area contributed by atoms with Crippen molar-refractivity contribution in [2.75, 3.05) is 17.7 Å². The first-order chi connectivity index (χ1) is 12.1. The van der Waals surface area contributed by atoms with Gasteiger partial charge in [-0.2, -0.15) is 0 Å². The Labute approximate surface area is 144 Å². The first kappa shape index (κ1) is 14.5. The Balaban J connectivity index is 1.59. The number of rotatable bonds is 1. The van der Waals surface area contributed by atoms with Gasteiger partial charge in [0.25, 0.3) is 0 Å². The zero-order valence-electron chi connectivity index (χ0n) is 13.4. The standard InChI is InChI=1S/C19H17N3O3/c20-12-6-7-14-15(8-12)21-17(23)19(14)9-13-10-25-16(22(13)18(19)24)11-4-2-1-3-5-11/h1-8,13,16H,9-10,20H2,(H,21,23)/t13-,16+,19-/m0/s1. The van der Waals surface area contributed by atoms with Gasteiger partial charge in [0.05, 0.1) is 12.6 Å². The quantitative estimate of drug-likeness (QED) is 0.615. The van der Waals surface area contributed by atoms with E-state index in [2.05, 4.69) is 5.32 Å². The second-order valence-corrected chi connectivity index (χ2v) is 6.83. The molecule has 2 amide bonds. The third-order valence-corrected chi connectivity index (χ3v) is 5.46. The maximum Gasteiger partial charge on any atom is 0.245 e. The lowest BCUT2D eigenvalue weighted by Crippen LogP contribution is -2.43. The summed E-state index contributed by atoms with van der Waals surface area (Å²) < 4.78 is 5.87. The van der Waals surface area contributed by atoms with Gasteiger partial charge in [0, 0.05) is 22.5 Å². The zero-order valence-corrected chi connectivity index (χ0v) is 13.4. The van der Waals surface area contributed by atoms with Crippen LogP contribution in [-0.4, -0.2) is 29.4 Å². The Morgan fingerprint density at radius 2 is 1.96 bits per heavy atom. The lowest BCUT2D eigenvalue weighted by atomic mass is 9.79. The van der Waals surface area contributed by atoms with Crippen molar-refractivity contribution >= 4 is 23.2 Å². The number of anilines is 2. The lowest BCUT2D eigenvalue weighted by molar-refractivity contribution is -0.142. The first-order valence-electron chi connectivity index (χ1n) is 8.32. The van der Waals surface area contributed by atoms with Crippen molar-refractivity contribution in [3.63, 3.8) is 0 Å². The molecule has 1 spiro atoms. The highest BCUT2D eigenvalue weighted by Crippen LogP contribution is 2.51. The Morgan fingerprint density at radius 1 is 1.16 bits per heavy atom. The fraction of sp³-hybridized carbons (Fsp3) is 0.263. The van der Waals surface area contributed by atoms with E-state index in [-0.39, 0.29) is 17.9 Å². The summed E-state index contributed by atoms with van der Waals surface area (Å²) in [7, 11) is 0. The van der Waals surface area contributed by atoms with Crippen molar-refractivity contribution in [2.45, 2.75) is 24.1 Å². The van der Waals surface area contributed by atoms with Crippen LogP contribution in [0.5, 0.6) is 0 Å². The number of fused-ring (bicyclic) bond motifs is 3. The molecule has 0 aromatic heterocycles. The van der Waals surface area contributed by atoms with Gasteiger partial charge in [-0.1, -0.05) is 36.4 Å². The number of carbonyl (C=O) groups is 2. The highest BCUT2D eigenvalue weighted by atomic mass is 16.5. The molecule has 0 unspecified atom stereocenters. The summed E-state index contributed by atoms with van der Waals surface area (Å²) in [6.07, 6.45) is -0.0125. The van der Waals surface area contributed by atoms with Crippen LogP contribution in [0.15, 0.2) is 48.5 Å². The molecule has 3 N–H and O–H groups in total. The van der Waals surface area contributed by atoms with Gasteiger partial charge in [-0.25, -0.2) is 0 Å². The minimum Gasteiger partial charge on any atom is -0.399 e. The van der Waals surface area contributed by atoms with Crippen LogP contribution < -0.4 is 11.1 Å². The third-order valence-electron chi connectivity index (χ3n) is 5.46. The fourth-order valence-electron chi connectivity index (χ4n) is 4.32. The summed E-state index contributed by atoms with van der Waals surface area (Å²) in [5.74, 6) is -0.454. The van der Waals surface area contributed by atoms with Gasteiger partial charge in [-0.05, 0) is 18.6 Å². The molecule has 0 radical (unpaired) electrons. The molecule has 2 fully saturated rings. The van der Waals surface area contributed by atoms with Crippen molar-refractivity contribution in [1.29, 1.82) is 0 Å². The summed E-state index contributed by atoms with van der Waals surface area (Å²) in [6.45, 7) is 0.435. The second-order valence-electron chi connectivity index (χ2n) is 6.83. The minimum absolute atomic E-state index is 0.105. The molecule has 126 valence electrons. The van der Waals surface area contributed by atoms with Crippen LogP contribution in [-0.2, 0) is 19.7 Å². The monoisotopic (exact) mass is 335 g/mol. The van der Waals surface area contributed by atoms with Crippen LogP contribution in [0, 0.1) is 0 Å². The second kappa shape index (κ2) is 4.83. The molecule has 25 heavy (non-hydrogen) atoms. The van der Waals surface area contributed by atoms with E-state index >= 15 is 0 Å². The van der Waals surface area contributed by atoms with Gasteiger partial charge in [0.1, 0.15) is 0 Å². The van der Waals surface area contributed by atoms with Gasteiger partial charge in [0.15, 0.2) is 11.6 Å². The van der Waals surface area contributed by atoms with Crippen LogP contribution in [0.3, 0.4) is 0 Å². The number of nitrogen functional groups attached to an aromatic ring is 1. The van der Waals surface area contributed by atoms with E-state index in [0.717, 1.165) is 11.1 Å². The molecule has 3 atom stereocenters. The number of ether oxygens (including phenoxy) is 1. The van der Waals surface area contributed by atoms with E-state index in [1.165, 1.54) is 0 Å². The molecule has 2 saturated heterocycles. The van der Waals surface area contributed by atoms with E-state index < -0.39 is 11.6 Å². The van der Waals surface area contributed by atoms with Gasteiger partial charge < -0.3 is 20.7 Å².